The fourth-order valence-electron chi connectivity index (χ4n) is 10.4. The van der Waals surface area contributed by atoms with Gasteiger partial charge in [-0.1, -0.05) is 188 Å². The third kappa shape index (κ3) is 6.26. The number of rotatable bonds is 7. The molecule has 13 rings (SSSR count). The Morgan fingerprint density at radius 1 is 0.242 bits per heavy atom. The van der Waals surface area contributed by atoms with Crippen LogP contribution in [0.15, 0.2) is 253 Å². The topological polar surface area (TPSA) is 16.4 Å². The van der Waals surface area contributed by atoms with Crippen LogP contribution in [0.5, 0.6) is 0 Å². The second kappa shape index (κ2) is 15.5. The maximum Gasteiger partial charge on any atom is 0.137 e. The van der Waals surface area contributed by atoms with Crippen LogP contribution < -0.4 is 4.90 Å². The van der Waals surface area contributed by atoms with Crippen molar-refractivity contribution in [2.75, 3.05) is 4.90 Å². The van der Waals surface area contributed by atoms with Crippen molar-refractivity contribution in [1.82, 2.24) is 0 Å². The first-order valence-corrected chi connectivity index (χ1v) is 22.7. The zero-order valence-corrected chi connectivity index (χ0v) is 36.0. The Kier molecular flexibility index (Phi) is 8.89. The van der Waals surface area contributed by atoms with E-state index >= 15 is 0 Å². The van der Waals surface area contributed by atoms with E-state index in [1.54, 1.807) is 0 Å². The number of hydrogen-bond donors (Lipinski definition) is 0. The molecule has 2 heteroatoms. The molecule has 0 atom stereocenters. The molecule has 0 bridgehead atoms. The highest BCUT2D eigenvalue weighted by Crippen LogP contribution is 2.46. The van der Waals surface area contributed by atoms with Crippen LogP contribution in [0.2, 0.25) is 0 Å². The van der Waals surface area contributed by atoms with Gasteiger partial charge in [-0.15, -0.1) is 0 Å². The Morgan fingerprint density at radius 3 is 1.41 bits per heavy atom. The van der Waals surface area contributed by atoms with E-state index in [0.29, 0.717) is 0 Å². The van der Waals surface area contributed by atoms with Crippen LogP contribution in [0, 0.1) is 0 Å². The predicted molar refractivity (Wildman–Crippen MR) is 280 cm³/mol. The molecule has 0 aliphatic rings. The Balaban J connectivity index is 0.950. The minimum Gasteiger partial charge on any atom is -0.456 e. The van der Waals surface area contributed by atoms with Gasteiger partial charge in [0.05, 0.1) is 0 Å². The Labute approximate surface area is 382 Å². The first-order valence-electron chi connectivity index (χ1n) is 22.7. The van der Waals surface area contributed by atoms with Gasteiger partial charge >= 0.3 is 0 Å². The summed E-state index contributed by atoms with van der Waals surface area (Å²) in [6, 6.07) is 90.2. The summed E-state index contributed by atoms with van der Waals surface area (Å²) in [7, 11) is 0. The van der Waals surface area contributed by atoms with Gasteiger partial charge in [-0.05, 0) is 142 Å². The second-order valence-corrected chi connectivity index (χ2v) is 17.2. The Hall–Kier alpha value is -8.72. The normalized spacial score (nSPS) is 11.6. The van der Waals surface area contributed by atoms with Crippen LogP contribution in [-0.2, 0) is 0 Å². The van der Waals surface area contributed by atoms with Crippen molar-refractivity contribution in [1.29, 1.82) is 0 Å². The predicted octanol–water partition coefficient (Wildman–Crippen LogP) is 18.3. The maximum absolute atomic E-state index is 6.46. The fourth-order valence-corrected chi connectivity index (χ4v) is 10.4. The van der Waals surface area contributed by atoms with E-state index in [9.17, 15) is 0 Å². The minimum atomic E-state index is 0.863. The first kappa shape index (κ1) is 37.8. The molecule has 2 nitrogen and oxygen atoms in total. The summed E-state index contributed by atoms with van der Waals surface area (Å²) in [6.45, 7) is 0. The number of benzene rings is 12. The van der Waals surface area contributed by atoms with Crippen molar-refractivity contribution < 1.29 is 4.42 Å². The summed E-state index contributed by atoms with van der Waals surface area (Å²) >= 11 is 0. The molecule has 0 amide bonds. The van der Waals surface area contributed by atoms with Crippen molar-refractivity contribution in [3.63, 3.8) is 0 Å². The summed E-state index contributed by atoms with van der Waals surface area (Å²) < 4.78 is 6.46. The molecule has 308 valence electrons. The molecule has 0 unspecified atom stereocenters. The number of para-hydroxylation sites is 1. The van der Waals surface area contributed by atoms with Gasteiger partial charge in [-0.3, -0.25) is 0 Å². The molecular formula is C64H41NO. The average molecular weight is 840 g/mol. The summed E-state index contributed by atoms with van der Waals surface area (Å²) in [5, 5.41) is 12.3. The van der Waals surface area contributed by atoms with Gasteiger partial charge < -0.3 is 9.32 Å². The molecule has 13 aromatic rings. The number of furan rings is 1. The van der Waals surface area contributed by atoms with Crippen molar-refractivity contribution >= 4 is 82.1 Å². The number of hydrogen-bond acceptors (Lipinski definition) is 2. The SMILES string of the molecule is c1ccc(-c2c(-c3ccccc3)c3cc(-c4ccc(N(c5ccc(-c6cc7ccccc7c7ccccc67)cc5)c5ccc6c(c5)oc5ccccc56)cc4)ccc3c3ccccc23)cc1. The second-order valence-electron chi connectivity index (χ2n) is 17.2. The van der Waals surface area contributed by atoms with Gasteiger partial charge in [-0.2, -0.15) is 0 Å². The highest BCUT2D eigenvalue weighted by atomic mass is 16.3. The van der Waals surface area contributed by atoms with Gasteiger partial charge in [0.15, 0.2) is 0 Å². The summed E-state index contributed by atoms with van der Waals surface area (Å²) in [5.74, 6) is 0. The van der Waals surface area contributed by atoms with Crippen molar-refractivity contribution in [3.05, 3.63) is 249 Å². The summed E-state index contributed by atoms with van der Waals surface area (Å²) in [6.07, 6.45) is 0. The third-order valence-electron chi connectivity index (χ3n) is 13.4. The maximum atomic E-state index is 6.46. The lowest BCUT2D eigenvalue weighted by Gasteiger charge is -2.26. The van der Waals surface area contributed by atoms with Crippen LogP contribution >= 0.6 is 0 Å². The fraction of sp³-hybridized carbons (Fsp3) is 0. The van der Waals surface area contributed by atoms with E-state index in [1.165, 1.54) is 82.0 Å². The first-order chi connectivity index (χ1) is 32.7. The molecule has 0 saturated carbocycles. The van der Waals surface area contributed by atoms with E-state index in [1.807, 2.05) is 12.1 Å². The van der Waals surface area contributed by atoms with E-state index < -0.39 is 0 Å². The Morgan fingerprint density at radius 2 is 0.712 bits per heavy atom. The molecule has 66 heavy (non-hydrogen) atoms. The molecule has 0 N–H and O–H groups in total. The van der Waals surface area contributed by atoms with E-state index in [-0.39, 0.29) is 0 Å². The molecule has 1 aromatic heterocycles. The van der Waals surface area contributed by atoms with Crippen LogP contribution in [0.25, 0.3) is 110 Å². The van der Waals surface area contributed by atoms with Crippen LogP contribution in [0.3, 0.4) is 0 Å². The lowest BCUT2D eigenvalue weighted by atomic mass is 9.84. The monoisotopic (exact) mass is 839 g/mol. The molecule has 0 aliphatic heterocycles. The molecule has 0 aliphatic carbocycles. The molecule has 0 radical (unpaired) electrons. The van der Waals surface area contributed by atoms with E-state index in [2.05, 4.69) is 241 Å². The van der Waals surface area contributed by atoms with E-state index in [4.69, 9.17) is 4.42 Å². The molecule has 0 spiro atoms. The van der Waals surface area contributed by atoms with Crippen molar-refractivity contribution in [2.24, 2.45) is 0 Å². The van der Waals surface area contributed by atoms with Gasteiger partial charge in [0.25, 0.3) is 0 Å². The molecular weight excluding hydrogens is 799 g/mol. The summed E-state index contributed by atoms with van der Waals surface area (Å²) in [4.78, 5) is 2.34. The smallest absolute Gasteiger partial charge is 0.137 e. The van der Waals surface area contributed by atoms with Gasteiger partial charge in [-0.25, -0.2) is 0 Å². The van der Waals surface area contributed by atoms with Crippen LogP contribution in [0.1, 0.15) is 0 Å². The van der Waals surface area contributed by atoms with Gasteiger partial charge in [0.2, 0.25) is 0 Å². The zero-order chi connectivity index (χ0) is 43.6. The lowest BCUT2D eigenvalue weighted by Crippen LogP contribution is -2.09. The highest BCUT2D eigenvalue weighted by molar-refractivity contribution is 6.22. The minimum absolute atomic E-state index is 0.863. The number of anilines is 3. The van der Waals surface area contributed by atoms with Crippen LogP contribution in [0.4, 0.5) is 17.1 Å². The quantitative estimate of drug-likeness (QED) is 0.149. The third-order valence-corrected chi connectivity index (χ3v) is 13.4. The van der Waals surface area contributed by atoms with Gasteiger partial charge in [0, 0.05) is 33.9 Å². The molecule has 1 heterocycles. The number of nitrogens with zero attached hydrogens (tertiary/aromatic N) is 1. The summed E-state index contributed by atoms with van der Waals surface area (Å²) in [5.41, 5.74) is 14.6. The largest absolute Gasteiger partial charge is 0.456 e. The average Bonchev–Trinajstić information content (AvgIpc) is 3.77. The van der Waals surface area contributed by atoms with E-state index in [0.717, 1.165) is 44.6 Å². The molecule has 0 fully saturated rings. The number of fused-ring (bicyclic) bond motifs is 9. The molecule has 0 saturated heterocycles. The van der Waals surface area contributed by atoms with Gasteiger partial charge in [0.1, 0.15) is 11.2 Å². The zero-order valence-electron chi connectivity index (χ0n) is 36.0. The standard InChI is InChI=1S/C64H41NO/c1-3-15-44(16-4-1)63-58-25-12-11-22-53(58)55-37-31-46(39-60(55)64(63)45-17-5-2-6-18-45)42-27-32-48(33-28-42)65(50-36-38-57-56-24-13-14-26-61(56)66-62(57)41-50)49-34-29-43(30-35-49)59-40-47-19-7-8-20-51(47)52-21-9-10-23-54(52)59/h1-41H. The van der Waals surface area contributed by atoms with Crippen molar-refractivity contribution in [3.8, 4) is 44.5 Å². The van der Waals surface area contributed by atoms with Crippen LogP contribution in [-0.4, -0.2) is 0 Å². The van der Waals surface area contributed by atoms with Crippen molar-refractivity contribution in [2.45, 2.75) is 0 Å². The highest BCUT2D eigenvalue weighted by Gasteiger charge is 2.20. The molecule has 12 aromatic carbocycles. The Bertz CT molecular complexity index is 3960. The lowest BCUT2D eigenvalue weighted by molar-refractivity contribution is 0.669.